The van der Waals surface area contributed by atoms with Crippen molar-refractivity contribution in [2.45, 2.75) is 46.4 Å². The molecule has 0 bridgehead atoms. The van der Waals surface area contributed by atoms with E-state index in [4.69, 9.17) is 4.74 Å². The number of aromatic nitrogens is 2. The Hall–Kier alpha value is -3.68. The van der Waals surface area contributed by atoms with Gasteiger partial charge in [0.1, 0.15) is 24.3 Å². The lowest BCUT2D eigenvalue weighted by molar-refractivity contribution is -0.124. The van der Waals surface area contributed by atoms with E-state index < -0.39 is 18.0 Å². The van der Waals surface area contributed by atoms with Crippen LogP contribution in [-0.4, -0.2) is 27.6 Å². The number of rotatable bonds is 9. The van der Waals surface area contributed by atoms with Crippen molar-refractivity contribution in [3.05, 3.63) is 83.7 Å². The molecule has 0 saturated heterocycles. The van der Waals surface area contributed by atoms with Crippen molar-refractivity contribution in [3.63, 3.8) is 0 Å². The van der Waals surface area contributed by atoms with Gasteiger partial charge in [0.2, 0.25) is 5.91 Å². The van der Waals surface area contributed by atoms with E-state index in [0.717, 1.165) is 5.56 Å². The van der Waals surface area contributed by atoms with Gasteiger partial charge in [-0.2, -0.15) is 0 Å². The molecule has 0 radical (unpaired) electrons. The lowest BCUT2D eigenvalue weighted by Crippen LogP contribution is -2.50. The van der Waals surface area contributed by atoms with E-state index in [2.05, 4.69) is 15.6 Å². The molecule has 3 rings (SSSR count). The van der Waals surface area contributed by atoms with Crippen LogP contribution in [0.3, 0.4) is 0 Å². The largest absolute Gasteiger partial charge is 0.445 e. The van der Waals surface area contributed by atoms with Gasteiger partial charge in [-0.1, -0.05) is 56.7 Å². The molecule has 2 atom stereocenters. The number of carbonyl (C=O) groups is 2. The van der Waals surface area contributed by atoms with E-state index >= 15 is 0 Å². The first-order valence-corrected chi connectivity index (χ1v) is 10.9. The first-order valence-electron chi connectivity index (χ1n) is 10.9. The van der Waals surface area contributed by atoms with Gasteiger partial charge < -0.3 is 19.9 Å². The summed E-state index contributed by atoms with van der Waals surface area (Å²) in [6, 6.07) is 13.3. The van der Waals surface area contributed by atoms with Gasteiger partial charge in [-0.15, -0.1) is 0 Å². The Labute approximate surface area is 193 Å². The SMILES string of the molecule is CC[C@H](C)[C@H](NC(=O)OCc1ccccc1)C(=O)NCc1ccc(-n2ccnc2C)c(F)c1. The second-order valence-corrected chi connectivity index (χ2v) is 7.92. The maximum Gasteiger partial charge on any atom is 0.408 e. The van der Waals surface area contributed by atoms with Crippen molar-refractivity contribution in [2.24, 2.45) is 5.92 Å². The Morgan fingerprint density at radius 2 is 1.91 bits per heavy atom. The van der Waals surface area contributed by atoms with Crippen LogP contribution >= 0.6 is 0 Å². The average Bonchev–Trinajstić information content (AvgIpc) is 3.25. The number of nitrogens with zero attached hydrogens (tertiary/aromatic N) is 2. The van der Waals surface area contributed by atoms with Gasteiger partial charge in [0.25, 0.3) is 0 Å². The van der Waals surface area contributed by atoms with Crippen LogP contribution in [0.5, 0.6) is 0 Å². The molecular formula is C25H29FN4O3. The Morgan fingerprint density at radius 1 is 1.15 bits per heavy atom. The number of alkyl carbamates (subject to hydrolysis) is 1. The fourth-order valence-corrected chi connectivity index (χ4v) is 3.38. The first kappa shape index (κ1) is 24.0. The maximum atomic E-state index is 14.6. The van der Waals surface area contributed by atoms with E-state index in [1.54, 1.807) is 36.0 Å². The number of hydrogen-bond acceptors (Lipinski definition) is 4. The van der Waals surface area contributed by atoms with Crippen molar-refractivity contribution in [3.8, 4) is 5.69 Å². The number of amides is 2. The molecule has 0 fully saturated rings. The van der Waals surface area contributed by atoms with Gasteiger partial charge >= 0.3 is 6.09 Å². The van der Waals surface area contributed by atoms with Crippen molar-refractivity contribution in [1.29, 1.82) is 0 Å². The van der Waals surface area contributed by atoms with Crippen LogP contribution in [0.25, 0.3) is 5.69 Å². The standard InChI is InChI=1S/C25H29FN4O3/c1-4-17(2)23(29-25(32)33-16-19-8-6-5-7-9-19)24(31)28-15-20-10-11-22(21(26)14-20)30-13-12-27-18(30)3/h5-14,17,23H,4,15-16H2,1-3H3,(H,28,31)(H,29,32)/t17-,23-/m0/s1. The number of hydrogen-bond donors (Lipinski definition) is 2. The summed E-state index contributed by atoms with van der Waals surface area (Å²) in [5.74, 6) is -0.200. The third kappa shape index (κ3) is 6.41. The zero-order valence-electron chi connectivity index (χ0n) is 19.0. The van der Waals surface area contributed by atoms with E-state index in [1.165, 1.54) is 6.07 Å². The molecule has 1 heterocycles. The topological polar surface area (TPSA) is 85.2 Å². The molecule has 2 N–H and O–H groups in total. The van der Waals surface area contributed by atoms with E-state index in [9.17, 15) is 14.0 Å². The third-order valence-corrected chi connectivity index (χ3v) is 5.55. The molecule has 7 nitrogen and oxygen atoms in total. The average molecular weight is 453 g/mol. The predicted octanol–water partition coefficient (Wildman–Crippen LogP) is 4.28. The van der Waals surface area contributed by atoms with Crippen molar-refractivity contribution < 1.29 is 18.7 Å². The van der Waals surface area contributed by atoms with E-state index in [0.29, 0.717) is 23.5 Å². The van der Waals surface area contributed by atoms with Crippen LogP contribution in [0.15, 0.2) is 60.9 Å². The van der Waals surface area contributed by atoms with Crippen LogP contribution in [-0.2, 0) is 22.7 Å². The van der Waals surface area contributed by atoms with Gasteiger partial charge in [-0.05, 0) is 36.1 Å². The molecule has 2 aromatic carbocycles. The zero-order chi connectivity index (χ0) is 23.8. The summed E-state index contributed by atoms with van der Waals surface area (Å²) in [6.45, 7) is 5.86. The highest BCUT2D eigenvalue weighted by Crippen LogP contribution is 2.17. The fraction of sp³-hybridized carbons (Fsp3) is 0.320. The molecule has 0 aliphatic rings. The minimum atomic E-state index is -0.768. The van der Waals surface area contributed by atoms with Gasteiger partial charge in [0, 0.05) is 18.9 Å². The molecule has 174 valence electrons. The summed E-state index contributed by atoms with van der Waals surface area (Å²) in [6.07, 6.45) is 3.32. The Morgan fingerprint density at radius 3 is 2.55 bits per heavy atom. The molecule has 8 heteroatoms. The van der Waals surface area contributed by atoms with E-state index in [1.807, 2.05) is 44.2 Å². The third-order valence-electron chi connectivity index (χ3n) is 5.55. The molecule has 1 aromatic heterocycles. The molecule has 0 saturated carbocycles. The van der Waals surface area contributed by atoms with Crippen LogP contribution in [0.2, 0.25) is 0 Å². The summed E-state index contributed by atoms with van der Waals surface area (Å²) in [4.78, 5) is 29.2. The molecule has 33 heavy (non-hydrogen) atoms. The van der Waals surface area contributed by atoms with Crippen LogP contribution in [0, 0.1) is 18.7 Å². The zero-order valence-corrected chi connectivity index (χ0v) is 19.0. The van der Waals surface area contributed by atoms with Crippen LogP contribution in [0.4, 0.5) is 9.18 Å². The highest BCUT2D eigenvalue weighted by atomic mass is 19.1. The van der Waals surface area contributed by atoms with Crippen molar-refractivity contribution in [1.82, 2.24) is 20.2 Å². The Kier molecular flexibility index (Phi) is 8.18. The number of imidazole rings is 1. The summed E-state index contributed by atoms with van der Waals surface area (Å²) in [5.41, 5.74) is 1.85. The minimum Gasteiger partial charge on any atom is -0.445 e. The number of ether oxygens (including phenoxy) is 1. The van der Waals surface area contributed by atoms with Gasteiger partial charge in [0.05, 0.1) is 5.69 Å². The molecular weight excluding hydrogens is 423 g/mol. The lowest BCUT2D eigenvalue weighted by Gasteiger charge is -2.23. The van der Waals surface area contributed by atoms with Crippen molar-refractivity contribution in [2.75, 3.05) is 0 Å². The molecule has 3 aromatic rings. The summed E-state index contributed by atoms with van der Waals surface area (Å²) < 4.78 is 21.5. The number of carbonyl (C=O) groups excluding carboxylic acids is 2. The molecule has 0 aliphatic heterocycles. The number of aryl methyl sites for hydroxylation is 1. The highest BCUT2D eigenvalue weighted by molar-refractivity contribution is 5.85. The molecule has 0 spiro atoms. The highest BCUT2D eigenvalue weighted by Gasteiger charge is 2.26. The van der Waals surface area contributed by atoms with E-state index in [-0.39, 0.29) is 25.0 Å². The predicted molar refractivity (Wildman–Crippen MR) is 123 cm³/mol. The lowest BCUT2D eigenvalue weighted by atomic mass is 9.98. The van der Waals surface area contributed by atoms with Crippen LogP contribution < -0.4 is 10.6 Å². The van der Waals surface area contributed by atoms with Crippen molar-refractivity contribution >= 4 is 12.0 Å². The first-order chi connectivity index (χ1) is 15.9. The smallest absolute Gasteiger partial charge is 0.408 e. The minimum absolute atomic E-state index is 0.113. The maximum absolute atomic E-state index is 14.6. The summed E-state index contributed by atoms with van der Waals surface area (Å²) >= 11 is 0. The second kappa shape index (κ2) is 11.3. The molecule has 0 aliphatic carbocycles. The number of benzene rings is 2. The Bertz CT molecular complexity index is 1080. The second-order valence-electron chi connectivity index (χ2n) is 7.92. The van der Waals surface area contributed by atoms with Gasteiger partial charge in [-0.25, -0.2) is 14.2 Å². The Balaban J connectivity index is 1.59. The normalized spacial score (nSPS) is 12.6. The quantitative estimate of drug-likeness (QED) is 0.508. The van der Waals surface area contributed by atoms with Crippen LogP contribution in [0.1, 0.15) is 37.2 Å². The summed E-state index contributed by atoms with van der Waals surface area (Å²) in [5, 5.41) is 5.45. The fourth-order valence-electron chi connectivity index (χ4n) is 3.38. The number of halogens is 1. The van der Waals surface area contributed by atoms with Gasteiger partial charge in [0.15, 0.2) is 0 Å². The molecule has 2 amide bonds. The number of nitrogens with one attached hydrogen (secondary N) is 2. The molecule has 0 unspecified atom stereocenters. The monoisotopic (exact) mass is 452 g/mol. The summed E-state index contributed by atoms with van der Waals surface area (Å²) in [7, 11) is 0. The van der Waals surface area contributed by atoms with Gasteiger partial charge in [-0.3, -0.25) is 4.79 Å².